The van der Waals surface area contributed by atoms with Gasteiger partial charge in [-0.2, -0.15) is 0 Å². The molecule has 0 saturated heterocycles. The second-order valence-corrected chi connectivity index (χ2v) is 6.71. The molecule has 0 aliphatic rings. The van der Waals surface area contributed by atoms with Crippen molar-refractivity contribution in [3.05, 3.63) is 60.3 Å². The Labute approximate surface area is 150 Å². The van der Waals surface area contributed by atoms with Crippen molar-refractivity contribution < 1.29 is 13.9 Å². The van der Waals surface area contributed by atoms with Gasteiger partial charge in [0.25, 0.3) is 0 Å². The first kappa shape index (κ1) is 17.3. The first-order valence-electron chi connectivity index (χ1n) is 8.01. The Bertz CT molecular complexity index is 812. The Morgan fingerprint density at radius 1 is 1.32 bits per heavy atom. The number of hydrogen-bond acceptors (Lipinski definition) is 6. The Balaban J connectivity index is 1.66. The van der Waals surface area contributed by atoms with E-state index in [9.17, 15) is 4.79 Å². The van der Waals surface area contributed by atoms with Crippen LogP contribution in [0.3, 0.4) is 0 Å². The van der Waals surface area contributed by atoms with Gasteiger partial charge >= 0.3 is 0 Å². The molecule has 0 saturated carbocycles. The summed E-state index contributed by atoms with van der Waals surface area (Å²) in [6.07, 6.45) is 3.27. The summed E-state index contributed by atoms with van der Waals surface area (Å²) in [6.45, 7) is 4.93. The van der Waals surface area contributed by atoms with Crippen LogP contribution < -0.4 is 4.74 Å². The van der Waals surface area contributed by atoms with Gasteiger partial charge in [-0.05, 0) is 50.2 Å². The molecule has 7 heteroatoms. The van der Waals surface area contributed by atoms with Crippen molar-refractivity contribution in [1.82, 2.24) is 14.8 Å². The van der Waals surface area contributed by atoms with E-state index >= 15 is 0 Å². The maximum absolute atomic E-state index is 12.6. The van der Waals surface area contributed by atoms with Crippen molar-refractivity contribution in [3.63, 3.8) is 0 Å². The zero-order valence-electron chi connectivity index (χ0n) is 14.1. The van der Waals surface area contributed by atoms with Gasteiger partial charge in [-0.15, -0.1) is 10.2 Å². The molecule has 130 valence electrons. The van der Waals surface area contributed by atoms with Crippen LogP contribution in [-0.4, -0.2) is 32.4 Å². The number of ketones is 1. The van der Waals surface area contributed by atoms with Gasteiger partial charge in [0.1, 0.15) is 17.8 Å². The smallest absolute Gasteiger partial charge is 0.192 e. The minimum absolute atomic E-state index is 0.0422. The van der Waals surface area contributed by atoms with E-state index in [0.717, 1.165) is 11.5 Å². The molecule has 2 heterocycles. The van der Waals surface area contributed by atoms with Crippen molar-refractivity contribution in [2.75, 3.05) is 6.61 Å². The first-order valence-corrected chi connectivity index (χ1v) is 8.89. The van der Waals surface area contributed by atoms with Gasteiger partial charge in [-0.3, -0.25) is 4.79 Å². The van der Waals surface area contributed by atoms with Crippen LogP contribution in [0.15, 0.2) is 58.6 Å². The second kappa shape index (κ2) is 8.02. The fourth-order valence-electron chi connectivity index (χ4n) is 2.34. The highest BCUT2D eigenvalue weighted by Gasteiger charge is 2.19. The molecule has 1 aromatic carbocycles. The summed E-state index contributed by atoms with van der Waals surface area (Å²) in [7, 11) is 0. The number of Topliss-reactive ketones (excluding diaryl/α,β-unsaturated/α-hetero) is 1. The predicted molar refractivity (Wildman–Crippen MR) is 95.1 cm³/mol. The van der Waals surface area contributed by atoms with Crippen molar-refractivity contribution in [2.45, 2.75) is 30.8 Å². The quantitative estimate of drug-likeness (QED) is 0.452. The lowest BCUT2D eigenvalue weighted by atomic mass is 10.1. The minimum atomic E-state index is -0.280. The lowest BCUT2D eigenvalue weighted by Gasteiger charge is -2.11. The van der Waals surface area contributed by atoms with Crippen molar-refractivity contribution >= 4 is 17.5 Å². The molecule has 2 aromatic heterocycles. The number of carbonyl (C=O) groups excluding carboxylic acids is 1. The van der Waals surface area contributed by atoms with Crippen molar-refractivity contribution in [3.8, 4) is 5.75 Å². The third-order valence-electron chi connectivity index (χ3n) is 3.59. The number of furan rings is 1. The standard InChI is InChI=1S/C18H19N3O3S/c1-3-23-15-8-6-14(7-9-15)17(22)13(2)25-18-20-19-12-21(18)11-16-5-4-10-24-16/h4-10,12-13H,3,11H2,1-2H3. The van der Waals surface area contributed by atoms with Crippen LogP contribution in [0.5, 0.6) is 5.75 Å². The summed E-state index contributed by atoms with van der Waals surface area (Å²) >= 11 is 1.38. The molecule has 0 aliphatic carbocycles. The number of aromatic nitrogens is 3. The van der Waals surface area contributed by atoms with Crippen molar-refractivity contribution in [2.24, 2.45) is 0 Å². The molecule has 0 amide bonds. The third-order valence-corrected chi connectivity index (χ3v) is 4.68. The number of thioether (sulfide) groups is 1. The number of rotatable bonds is 8. The van der Waals surface area contributed by atoms with E-state index in [1.165, 1.54) is 11.8 Å². The monoisotopic (exact) mass is 357 g/mol. The molecule has 0 spiro atoms. The van der Waals surface area contributed by atoms with Gasteiger partial charge in [-0.25, -0.2) is 0 Å². The number of benzene rings is 1. The number of nitrogens with zero attached hydrogens (tertiary/aromatic N) is 3. The van der Waals surface area contributed by atoms with Crippen molar-refractivity contribution in [1.29, 1.82) is 0 Å². The molecule has 0 aliphatic heterocycles. The normalized spacial score (nSPS) is 12.1. The maximum Gasteiger partial charge on any atom is 0.192 e. The lowest BCUT2D eigenvalue weighted by Crippen LogP contribution is -2.14. The summed E-state index contributed by atoms with van der Waals surface area (Å²) in [4.78, 5) is 12.6. The van der Waals surface area contributed by atoms with Crippen LogP contribution in [0.2, 0.25) is 0 Å². The number of carbonyl (C=O) groups is 1. The highest BCUT2D eigenvalue weighted by atomic mass is 32.2. The highest BCUT2D eigenvalue weighted by molar-refractivity contribution is 8.00. The zero-order chi connectivity index (χ0) is 17.6. The van der Waals surface area contributed by atoms with Crippen LogP contribution in [0.4, 0.5) is 0 Å². The van der Waals surface area contributed by atoms with Gasteiger partial charge in [0.2, 0.25) is 0 Å². The van der Waals surface area contributed by atoms with Crippen LogP contribution >= 0.6 is 11.8 Å². The predicted octanol–water partition coefficient (Wildman–Crippen LogP) is 3.68. The molecule has 25 heavy (non-hydrogen) atoms. The lowest BCUT2D eigenvalue weighted by molar-refractivity contribution is 0.0994. The summed E-state index contributed by atoms with van der Waals surface area (Å²) in [5.41, 5.74) is 0.653. The Hall–Kier alpha value is -2.54. The Kier molecular flexibility index (Phi) is 5.55. The van der Waals surface area contributed by atoms with Gasteiger partial charge in [0.15, 0.2) is 10.9 Å². The molecular weight excluding hydrogens is 338 g/mol. The molecule has 0 radical (unpaired) electrons. The van der Waals surface area contributed by atoms with Gasteiger partial charge in [0, 0.05) is 5.56 Å². The summed E-state index contributed by atoms with van der Waals surface area (Å²) in [6, 6.07) is 10.9. The van der Waals surface area contributed by atoms with E-state index in [1.54, 1.807) is 24.7 Å². The summed E-state index contributed by atoms with van der Waals surface area (Å²) < 4.78 is 12.6. The largest absolute Gasteiger partial charge is 0.494 e. The summed E-state index contributed by atoms with van der Waals surface area (Å²) in [5.74, 6) is 1.62. The fourth-order valence-corrected chi connectivity index (χ4v) is 3.24. The zero-order valence-corrected chi connectivity index (χ0v) is 14.9. The highest BCUT2D eigenvalue weighted by Crippen LogP contribution is 2.25. The van der Waals surface area contributed by atoms with E-state index in [4.69, 9.17) is 9.15 Å². The van der Waals surface area contributed by atoms with Gasteiger partial charge < -0.3 is 13.7 Å². The van der Waals surface area contributed by atoms with Crippen LogP contribution in [0.1, 0.15) is 30.0 Å². The van der Waals surface area contributed by atoms with E-state index in [1.807, 2.05) is 42.7 Å². The SMILES string of the molecule is CCOc1ccc(C(=O)C(C)Sc2nncn2Cc2ccco2)cc1. The average molecular weight is 357 g/mol. The first-order chi connectivity index (χ1) is 12.2. The second-order valence-electron chi connectivity index (χ2n) is 5.40. The molecule has 1 atom stereocenters. The molecule has 3 rings (SSSR count). The molecule has 0 fully saturated rings. The minimum Gasteiger partial charge on any atom is -0.494 e. The topological polar surface area (TPSA) is 70.2 Å². The molecular formula is C18H19N3O3S. The molecule has 6 nitrogen and oxygen atoms in total. The average Bonchev–Trinajstić information content (AvgIpc) is 3.28. The molecule has 0 bridgehead atoms. The van der Waals surface area contributed by atoms with Gasteiger partial charge in [-0.1, -0.05) is 11.8 Å². The summed E-state index contributed by atoms with van der Waals surface area (Å²) in [5, 5.41) is 8.46. The number of ether oxygens (including phenoxy) is 1. The maximum atomic E-state index is 12.6. The molecule has 0 N–H and O–H groups in total. The fraction of sp³-hybridized carbons (Fsp3) is 0.278. The van der Waals surface area contributed by atoms with Crippen LogP contribution in [-0.2, 0) is 6.54 Å². The molecule has 3 aromatic rings. The molecule has 1 unspecified atom stereocenters. The van der Waals surface area contributed by atoms with Crippen LogP contribution in [0, 0.1) is 0 Å². The van der Waals surface area contributed by atoms with E-state index in [2.05, 4.69) is 10.2 Å². The van der Waals surface area contributed by atoms with Gasteiger partial charge in [0.05, 0.1) is 24.7 Å². The van der Waals surface area contributed by atoms with E-state index in [-0.39, 0.29) is 11.0 Å². The Morgan fingerprint density at radius 2 is 2.12 bits per heavy atom. The number of hydrogen-bond donors (Lipinski definition) is 0. The Morgan fingerprint density at radius 3 is 2.80 bits per heavy atom. The van der Waals surface area contributed by atoms with E-state index < -0.39 is 0 Å². The third kappa shape index (κ3) is 4.30. The van der Waals surface area contributed by atoms with Crippen LogP contribution in [0.25, 0.3) is 0 Å². The van der Waals surface area contributed by atoms with E-state index in [0.29, 0.717) is 23.9 Å².